The van der Waals surface area contributed by atoms with Crippen LogP contribution in [-0.4, -0.2) is 51.9 Å². The average Bonchev–Trinajstić information content (AvgIpc) is 3.21. The third kappa shape index (κ3) is 6.14. The molecule has 6 N–H and O–H groups in total. The van der Waals surface area contributed by atoms with Crippen molar-refractivity contribution in [3.8, 4) is 5.88 Å². The number of amidine groups is 1. The van der Waals surface area contributed by atoms with E-state index >= 15 is 0 Å². The lowest BCUT2D eigenvalue weighted by Crippen LogP contribution is -2.50. The molecule has 2 aliphatic carbocycles. The van der Waals surface area contributed by atoms with Gasteiger partial charge in [-0.25, -0.2) is 4.99 Å². The molecule has 6 atom stereocenters. The summed E-state index contributed by atoms with van der Waals surface area (Å²) in [5.74, 6) is 3.04. The molecular weight excluding hydrogens is 420 g/mol. The monoisotopic (exact) mass is 458 g/mol. The van der Waals surface area contributed by atoms with Crippen LogP contribution in [0.3, 0.4) is 0 Å². The van der Waals surface area contributed by atoms with Crippen molar-refractivity contribution in [3.05, 3.63) is 17.8 Å². The summed E-state index contributed by atoms with van der Waals surface area (Å²) in [5.41, 5.74) is 11.7. The van der Waals surface area contributed by atoms with Crippen LogP contribution >= 0.6 is 0 Å². The number of ether oxygens (including phenoxy) is 2. The second-order valence-electron chi connectivity index (χ2n) is 10.3. The van der Waals surface area contributed by atoms with Crippen molar-refractivity contribution in [2.75, 3.05) is 18.5 Å². The van der Waals surface area contributed by atoms with Crippen LogP contribution in [0.25, 0.3) is 0 Å². The molecule has 1 saturated heterocycles. The molecule has 3 fully saturated rings. The molecule has 182 valence electrons. The van der Waals surface area contributed by atoms with Gasteiger partial charge in [-0.1, -0.05) is 13.3 Å². The maximum Gasteiger partial charge on any atom is 0.228 e. The van der Waals surface area contributed by atoms with Gasteiger partial charge >= 0.3 is 0 Å². The van der Waals surface area contributed by atoms with Crippen molar-refractivity contribution in [2.45, 2.75) is 77.0 Å². The molecule has 2 bridgehead atoms. The second kappa shape index (κ2) is 9.85. The Hall–Kier alpha value is -2.39. The Morgan fingerprint density at radius 2 is 2.18 bits per heavy atom. The number of nitrogens with one attached hydrogen (secondary N) is 1. The number of hydrogen-bond acceptors (Lipinski definition) is 8. The largest absolute Gasteiger partial charge is 0.472 e. The van der Waals surface area contributed by atoms with Gasteiger partial charge in [0.15, 0.2) is 5.82 Å². The number of nitrogens with two attached hydrogens (primary N) is 2. The minimum atomic E-state index is -0.614. The van der Waals surface area contributed by atoms with E-state index in [-0.39, 0.29) is 18.0 Å². The van der Waals surface area contributed by atoms with Crippen molar-refractivity contribution in [3.63, 3.8) is 0 Å². The summed E-state index contributed by atoms with van der Waals surface area (Å²) in [6.45, 7) is 7.18. The minimum Gasteiger partial charge on any atom is -0.472 e. The van der Waals surface area contributed by atoms with Gasteiger partial charge in [-0.05, 0) is 63.4 Å². The number of aliphatic imine (C=N–C) groups is 1. The lowest BCUT2D eigenvalue weighted by molar-refractivity contribution is -0.0524. The van der Waals surface area contributed by atoms with Crippen molar-refractivity contribution in [1.82, 2.24) is 9.97 Å². The van der Waals surface area contributed by atoms with Crippen LogP contribution in [0, 0.1) is 17.8 Å². The summed E-state index contributed by atoms with van der Waals surface area (Å²) in [7, 11) is 0. The predicted molar refractivity (Wildman–Crippen MR) is 128 cm³/mol. The summed E-state index contributed by atoms with van der Waals surface area (Å²) in [6.07, 6.45) is 7.35. The zero-order chi connectivity index (χ0) is 23.6. The molecule has 0 amide bonds. The Labute approximate surface area is 196 Å². The van der Waals surface area contributed by atoms with E-state index in [1.54, 1.807) is 19.1 Å². The molecule has 9 nitrogen and oxygen atoms in total. The lowest BCUT2D eigenvalue weighted by Gasteiger charge is -2.50. The van der Waals surface area contributed by atoms with Crippen molar-refractivity contribution < 1.29 is 14.6 Å². The van der Waals surface area contributed by atoms with Gasteiger partial charge in [0.05, 0.1) is 18.8 Å². The van der Waals surface area contributed by atoms with Crippen molar-refractivity contribution in [1.29, 1.82) is 0 Å². The molecule has 33 heavy (non-hydrogen) atoms. The molecule has 0 aromatic carbocycles. The van der Waals surface area contributed by atoms with Gasteiger partial charge in [0.1, 0.15) is 11.9 Å². The van der Waals surface area contributed by atoms with Gasteiger partial charge in [0, 0.05) is 24.2 Å². The summed E-state index contributed by atoms with van der Waals surface area (Å²) >= 11 is 0. The zero-order valence-electron chi connectivity index (χ0n) is 20.0. The number of aromatic nitrogens is 2. The van der Waals surface area contributed by atoms with Gasteiger partial charge < -0.3 is 31.4 Å². The number of allylic oxidation sites excluding steroid dienone is 1. The van der Waals surface area contributed by atoms with Crippen LogP contribution in [0.1, 0.15) is 59.3 Å². The smallest absolute Gasteiger partial charge is 0.228 e. The SMILES string of the molecule is CCC1CC2CC(CC(C)(O)C2)C1Nc1nc(N=C(N)/C=C(/C)N)cc(OC2CCOC2)n1. The van der Waals surface area contributed by atoms with E-state index in [1.807, 2.05) is 6.92 Å². The molecule has 6 unspecified atom stereocenters. The quantitative estimate of drug-likeness (QED) is 0.361. The maximum atomic E-state index is 10.8. The van der Waals surface area contributed by atoms with Crippen LogP contribution in [0.4, 0.5) is 11.8 Å². The van der Waals surface area contributed by atoms with Gasteiger partial charge in [0.2, 0.25) is 11.8 Å². The van der Waals surface area contributed by atoms with Gasteiger partial charge in [-0.3, -0.25) is 0 Å². The van der Waals surface area contributed by atoms with E-state index in [1.165, 1.54) is 0 Å². The van der Waals surface area contributed by atoms with Gasteiger partial charge in [-0.15, -0.1) is 0 Å². The first kappa shape index (κ1) is 23.8. The number of aliphatic hydroxyl groups is 1. The molecule has 9 heteroatoms. The first-order chi connectivity index (χ1) is 15.7. The van der Waals surface area contributed by atoms with Crippen LogP contribution in [0.15, 0.2) is 22.8 Å². The fourth-order valence-corrected chi connectivity index (χ4v) is 5.85. The number of nitrogens with zero attached hydrogens (tertiary/aromatic N) is 3. The summed E-state index contributed by atoms with van der Waals surface area (Å²) < 4.78 is 11.5. The van der Waals surface area contributed by atoms with Crippen LogP contribution in [0.5, 0.6) is 5.88 Å². The third-order valence-electron chi connectivity index (χ3n) is 7.02. The van der Waals surface area contributed by atoms with Crippen molar-refractivity contribution >= 4 is 17.6 Å². The summed E-state index contributed by atoms with van der Waals surface area (Å²) in [6, 6.07) is 1.87. The van der Waals surface area contributed by atoms with E-state index in [2.05, 4.69) is 27.2 Å². The van der Waals surface area contributed by atoms with E-state index in [0.29, 0.717) is 54.3 Å². The molecule has 1 aliphatic heterocycles. The lowest BCUT2D eigenvalue weighted by atomic mass is 9.60. The molecule has 3 aliphatic rings. The highest BCUT2D eigenvalue weighted by atomic mass is 16.5. The fourth-order valence-electron chi connectivity index (χ4n) is 5.85. The third-order valence-corrected chi connectivity index (χ3v) is 7.02. The molecule has 2 saturated carbocycles. The topological polar surface area (TPSA) is 141 Å². The Balaban J connectivity index is 1.61. The highest BCUT2D eigenvalue weighted by Gasteiger charge is 2.46. The zero-order valence-corrected chi connectivity index (χ0v) is 20.0. The average molecular weight is 459 g/mol. The highest BCUT2D eigenvalue weighted by Crippen LogP contribution is 2.48. The predicted octanol–water partition coefficient (Wildman–Crippen LogP) is 2.87. The maximum absolute atomic E-state index is 10.8. The van der Waals surface area contributed by atoms with Gasteiger partial charge in [-0.2, -0.15) is 9.97 Å². The van der Waals surface area contributed by atoms with E-state index in [4.69, 9.17) is 20.9 Å². The molecule has 2 heterocycles. The Kier molecular flexibility index (Phi) is 7.09. The van der Waals surface area contributed by atoms with Gasteiger partial charge in [0.25, 0.3) is 0 Å². The number of anilines is 1. The molecule has 4 rings (SSSR count). The van der Waals surface area contributed by atoms with E-state index in [9.17, 15) is 5.11 Å². The van der Waals surface area contributed by atoms with E-state index in [0.717, 1.165) is 38.5 Å². The van der Waals surface area contributed by atoms with E-state index < -0.39 is 5.60 Å². The number of hydrogen-bond donors (Lipinski definition) is 4. The Bertz CT molecular complexity index is 892. The van der Waals surface area contributed by atoms with Crippen LogP contribution in [0.2, 0.25) is 0 Å². The first-order valence-corrected chi connectivity index (χ1v) is 12.1. The van der Waals surface area contributed by atoms with Crippen molar-refractivity contribution in [2.24, 2.45) is 34.2 Å². The highest BCUT2D eigenvalue weighted by molar-refractivity contribution is 5.93. The van der Waals surface area contributed by atoms with Crippen LogP contribution < -0.4 is 21.5 Å². The Morgan fingerprint density at radius 3 is 2.88 bits per heavy atom. The standard InChI is InChI=1S/C24H38N6O3/c1-4-16-8-15-9-17(12-24(3,31)11-15)22(16)30-23-28-20(27-19(26)7-14(2)25)10-21(29-23)33-18-5-6-32-13-18/h7,10,15-18,22,31H,4-6,8-9,11-13,25H2,1-3H3,(H3,26,27,28,29,30)/b14-7-. The number of rotatable bonds is 7. The molecule has 1 aromatic rings. The number of fused-ring (bicyclic) bond motifs is 2. The Morgan fingerprint density at radius 1 is 1.36 bits per heavy atom. The molecule has 1 aromatic heterocycles. The second-order valence-corrected chi connectivity index (χ2v) is 10.3. The molecule has 0 radical (unpaired) electrons. The summed E-state index contributed by atoms with van der Waals surface area (Å²) in [5, 5.41) is 14.4. The normalized spacial score (nSPS) is 34.8. The molecular formula is C24H38N6O3. The van der Waals surface area contributed by atoms with Crippen LogP contribution in [-0.2, 0) is 4.74 Å². The summed E-state index contributed by atoms with van der Waals surface area (Å²) in [4.78, 5) is 13.7. The molecule has 0 spiro atoms. The fraction of sp³-hybridized carbons (Fsp3) is 0.708. The minimum absolute atomic E-state index is 0.0413. The first-order valence-electron chi connectivity index (χ1n) is 12.1.